The zero-order valence-corrected chi connectivity index (χ0v) is 15.0. The fourth-order valence-electron chi connectivity index (χ4n) is 3.32. The Morgan fingerprint density at radius 2 is 1.92 bits per heavy atom. The van der Waals surface area contributed by atoms with Crippen LogP contribution in [0.5, 0.6) is 0 Å². The van der Waals surface area contributed by atoms with Crippen molar-refractivity contribution in [3.63, 3.8) is 0 Å². The molecular formula is C16H21Cl2N3O3. The molecule has 0 radical (unpaired) electrons. The van der Waals surface area contributed by atoms with E-state index in [-0.39, 0.29) is 18.6 Å². The molecule has 0 spiro atoms. The highest BCUT2D eigenvalue weighted by molar-refractivity contribution is 6.42. The molecule has 3 rings (SSSR count). The lowest BCUT2D eigenvalue weighted by atomic mass is 10.1. The Balaban J connectivity index is 2.15. The second-order valence-corrected chi connectivity index (χ2v) is 7.40. The molecule has 8 heteroatoms. The van der Waals surface area contributed by atoms with E-state index in [2.05, 4.69) is 10.3 Å². The molecule has 1 aromatic carbocycles. The molecule has 2 aromatic rings. The molecule has 0 amide bonds. The second-order valence-electron chi connectivity index (χ2n) is 6.59. The molecule has 1 saturated carbocycles. The summed E-state index contributed by atoms with van der Waals surface area (Å²) in [5.74, 6) is 0.199. The molecule has 6 nitrogen and oxygen atoms in total. The average Bonchev–Trinajstić information content (AvgIpc) is 2.97. The van der Waals surface area contributed by atoms with Gasteiger partial charge in [0.15, 0.2) is 0 Å². The van der Waals surface area contributed by atoms with Gasteiger partial charge in [-0.2, -0.15) is 0 Å². The van der Waals surface area contributed by atoms with E-state index in [1.54, 1.807) is 12.1 Å². The molecule has 132 valence electrons. The summed E-state index contributed by atoms with van der Waals surface area (Å²) in [5, 5.41) is 34.1. The lowest BCUT2D eigenvalue weighted by molar-refractivity contribution is -0.00346. The standard InChI is InChI=1S/C16H21Cl2N3O3/c1-7(2)19-16-20-11-4-9(17)10(18)5-12(11)21(16)13-3-8(6-22)14(23)15(13)24/h4-5,7-8,13-15,22-24H,3,6H2,1-2H3,(H,19,20)/t8-,13-,14-,15+/m1/s1. The predicted molar refractivity (Wildman–Crippen MR) is 94.8 cm³/mol. The van der Waals surface area contributed by atoms with Gasteiger partial charge in [0.25, 0.3) is 0 Å². The second kappa shape index (κ2) is 6.69. The Morgan fingerprint density at radius 3 is 2.50 bits per heavy atom. The van der Waals surface area contributed by atoms with Crippen molar-refractivity contribution in [1.29, 1.82) is 0 Å². The van der Waals surface area contributed by atoms with Crippen LogP contribution in [0.1, 0.15) is 26.3 Å². The quantitative estimate of drug-likeness (QED) is 0.660. The van der Waals surface area contributed by atoms with Crippen LogP contribution in [-0.4, -0.2) is 49.7 Å². The van der Waals surface area contributed by atoms with Crippen LogP contribution in [0.4, 0.5) is 5.95 Å². The lowest BCUT2D eigenvalue weighted by Gasteiger charge is -2.22. The number of hydrogen-bond donors (Lipinski definition) is 4. The molecule has 4 atom stereocenters. The SMILES string of the molecule is CC(C)Nc1nc2cc(Cl)c(Cl)cc2n1[C@@H]1C[C@H](CO)[C@@H](O)[C@H]1O. The van der Waals surface area contributed by atoms with E-state index in [4.69, 9.17) is 23.2 Å². The van der Waals surface area contributed by atoms with Crippen molar-refractivity contribution in [2.24, 2.45) is 5.92 Å². The molecule has 4 N–H and O–H groups in total. The van der Waals surface area contributed by atoms with Gasteiger partial charge in [-0.1, -0.05) is 23.2 Å². The molecule has 1 aromatic heterocycles. The van der Waals surface area contributed by atoms with Gasteiger partial charge in [-0.25, -0.2) is 4.98 Å². The number of halogens is 2. The minimum atomic E-state index is -0.998. The van der Waals surface area contributed by atoms with Crippen LogP contribution < -0.4 is 5.32 Å². The van der Waals surface area contributed by atoms with Crippen LogP contribution in [0.25, 0.3) is 11.0 Å². The summed E-state index contributed by atoms with van der Waals surface area (Å²) >= 11 is 12.2. The summed E-state index contributed by atoms with van der Waals surface area (Å²) in [7, 11) is 0. The third kappa shape index (κ3) is 2.97. The van der Waals surface area contributed by atoms with E-state index in [0.29, 0.717) is 27.9 Å². The highest BCUT2D eigenvalue weighted by Gasteiger charge is 2.43. The van der Waals surface area contributed by atoms with E-state index in [0.717, 1.165) is 5.52 Å². The first kappa shape index (κ1) is 17.8. The zero-order chi connectivity index (χ0) is 17.6. The molecule has 0 bridgehead atoms. The van der Waals surface area contributed by atoms with Crippen molar-refractivity contribution in [2.75, 3.05) is 11.9 Å². The zero-order valence-electron chi connectivity index (χ0n) is 13.4. The van der Waals surface area contributed by atoms with Gasteiger partial charge in [-0.05, 0) is 32.4 Å². The first-order chi connectivity index (χ1) is 11.3. The number of aliphatic hydroxyl groups excluding tert-OH is 3. The van der Waals surface area contributed by atoms with Crippen LogP contribution in [0.2, 0.25) is 10.0 Å². The number of nitrogens with zero attached hydrogens (tertiary/aromatic N) is 2. The number of anilines is 1. The molecule has 0 saturated heterocycles. The molecule has 24 heavy (non-hydrogen) atoms. The molecular weight excluding hydrogens is 353 g/mol. The summed E-state index contributed by atoms with van der Waals surface area (Å²) < 4.78 is 1.85. The largest absolute Gasteiger partial charge is 0.396 e. The Morgan fingerprint density at radius 1 is 1.25 bits per heavy atom. The highest BCUT2D eigenvalue weighted by Crippen LogP contribution is 2.40. The van der Waals surface area contributed by atoms with Crippen molar-refractivity contribution < 1.29 is 15.3 Å². The van der Waals surface area contributed by atoms with Crippen molar-refractivity contribution in [3.8, 4) is 0 Å². The van der Waals surface area contributed by atoms with Crippen LogP contribution >= 0.6 is 23.2 Å². The number of benzene rings is 1. The van der Waals surface area contributed by atoms with Crippen molar-refractivity contribution in [2.45, 2.75) is 44.6 Å². The summed E-state index contributed by atoms with van der Waals surface area (Å²) in [6, 6.07) is 3.11. The van der Waals surface area contributed by atoms with E-state index in [1.807, 2.05) is 18.4 Å². The maximum Gasteiger partial charge on any atom is 0.204 e. The van der Waals surface area contributed by atoms with E-state index >= 15 is 0 Å². The molecule has 0 unspecified atom stereocenters. The predicted octanol–water partition coefficient (Wildman–Crippen LogP) is 2.44. The molecule has 0 aliphatic heterocycles. The minimum Gasteiger partial charge on any atom is -0.396 e. The Kier molecular flexibility index (Phi) is 4.95. The van der Waals surface area contributed by atoms with Crippen molar-refractivity contribution in [1.82, 2.24) is 9.55 Å². The van der Waals surface area contributed by atoms with Gasteiger partial charge in [0.2, 0.25) is 5.95 Å². The maximum absolute atomic E-state index is 10.5. The van der Waals surface area contributed by atoms with Gasteiger partial charge >= 0.3 is 0 Å². The third-order valence-corrected chi connectivity index (χ3v) is 5.21. The number of aliphatic hydroxyl groups is 3. The molecule has 1 aliphatic carbocycles. The first-order valence-corrected chi connectivity index (χ1v) is 8.69. The topological polar surface area (TPSA) is 90.5 Å². The molecule has 1 aliphatic rings. The first-order valence-electron chi connectivity index (χ1n) is 7.94. The Bertz CT molecular complexity index is 750. The van der Waals surface area contributed by atoms with E-state index in [1.165, 1.54) is 0 Å². The molecule has 1 fully saturated rings. The Labute approximate surface area is 150 Å². The van der Waals surface area contributed by atoms with Crippen molar-refractivity contribution >= 4 is 40.2 Å². The van der Waals surface area contributed by atoms with Crippen molar-refractivity contribution in [3.05, 3.63) is 22.2 Å². The summed E-state index contributed by atoms with van der Waals surface area (Å²) in [4.78, 5) is 4.56. The number of nitrogens with one attached hydrogen (secondary N) is 1. The maximum atomic E-state index is 10.5. The van der Waals surface area contributed by atoms with E-state index in [9.17, 15) is 15.3 Å². The van der Waals surface area contributed by atoms with Gasteiger partial charge in [0, 0.05) is 18.6 Å². The fourth-order valence-corrected chi connectivity index (χ4v) is 3.64. The van der Waals surface area contributed by atoms with Gasteiger partial charge in [-0.15, -0.1) is 0 Å². The average molecular weight is 374 g/mol. The van der Waals surface area contributed by atoms with Crippen LogP contribution in [0.15, 0.2) is 12.1 Å². The van der Waals surface area contributed by atoms with Crippen LogP contribution in [0.3, 0.4) is 0 Å². The van der Waals surface area contributed by atoms with E-state index < -0.39 is 18.2 Å². The van der Waals surface area contributed by atoms with Gasteiger partial charge in [0.1, 0.15) is 6.10 Å². The number of rotatable bonds is 4. The summed E-state index contributed by atoms with van der Waals surface area (Å²) in [6.45, 7) is 3.79. The third-order valence-electron chi connectivity index (χ3n) is 4.49. The van der Waals surface area contributed by atoms with Gasteiger partial charge in [0.05, 0.1) is 33.2 Å². The fraction of sp³-hybridized carbons (Fsp3) is 0.562. The monoisotopic (exact) mass is 373 g/mol. The molecule has 1 heterocycles. The minimum absolute atomic E-state index is 0.128. The summed E-state index contributed by atoms with van der Waals surface area (Å²) in [5.41, 5.74) is 1.38. The number of fused-ring (bicyclic) bond motifs is 1. The lowest BCUT2D eigenvalue weighted by Crippen LogP contribution is -2.31. The number of aromatic nitrogens is 2. The highest BCUT2D eigenvalue weighted by atomic mass is 35.5. The van der Waals surface area contributed by atoms with Gasteiger partial charge < -0.3 is 25.2 Å². The number of imidazole rings is 1. The van der Waals surface area contributed by atoms with Crippen LogP contribution in [-0.2, 0) is 0 Å². The van der Waals surface area contributed by atoms with Crippen LogP contribution in [0, 0.1) is 5.92 Å². The Hall–Kier alpha value is -1.05. The smallest absolute Gasteiger partial charge is 0.204 e. The normalized spacial score (nSPS) is 27.3. The van der Waals surface area contributed by atoms with Gasteiger partial charge in [-0.3, -0.25) is 0 Å². The number of hydrogen-bond acceptors (Lipinski definition) is 5. The summed E-state index contributed by atoms with van der Waals surface area (Å²) in [6.07, 6.45) is -1.54.